The lowest BCUT2D eigenvalue weighted by Gasteiger charge is -2.02. The maximum absolute atomic E-state index is 12.9. The number of nitrogens with one attached hydrogen (secondary N) is 1. The average molecular weight is 368 g/mol. The van der Waals surface area contributed by atoms with Gasteiger partial charge in [-0.3, -0.25) is 9.59 Å². The maximum Gasteiger partial charge on any atom is 0.283 e. The van der Waals surface area contributed by atoms with E-state index in [2.05, 4.69) is 15.5 Å². The van der Waals surface area contributed by atoms with Crippen molar-refractivity contribution in [1.82, 2.24) is 9.88 Å². The maximum atomic E-state index is 12.9. The molecule has 0 bridgehead atoms. The number of hydrogen-bond donors (Lipinski definition) is 2. The topological polar surface area (TPSA) is 96.0 Å². The molecule has 2 N–H and O–H groups in total. The number of halogens is 1. The summed E-state index contributed by atoms with van der Waals surface area (Å²) in [6.07, 6.45) is 0. The van der Waals surface area contributed by atoms with Gasteiger partial charge < -0.3 is 15.0 Å². The number of hydrogen-bond acceptors (Lipinski definition) is 4. The molecular weight excluding hydrogens is 351 g/mol. The van der Waals surface area contributed by atoms with Crippen LogP contribution in [-0.2, 0) is 11.3 Å². The number of aromatic hydroxyl groups is 1. The lowest BCUT2D eigenvalue weighted by atomic mass is 10.2. The number of para-hydroxylation sites is 1. The molecular formula is C19H17FN4O3. The highest BCUT2D eigenvalue weighted by Gasteiger charge is 2.15. The van der Waals surface area contributed by atoms with E-state index >= 15 is 0 Å². The van der Waals surface area contributed by atoms with Gasteiger partial charge >= 0.3 is 0 Å². The molecule has 7 nitrogen and oxygen atoms in total. The number of fused-ring (bicyclic) bond motifs is 1. The normalized spacial score (nSPS) is 11.2. The first-order valence-electron chi connectivity index (χ1n) is 8.29. The third kappa shape index (κ3) is 3.84. The first-order chi connectivity index (χ1) is 13.0. The van der Waals surface area contributed by atoms with Crippen LogP contribution in [0.4, 0.5) is 10.1 Å². The molecule has 0 radical (unpaired) electrons. The van der Waals surface area contributed by atoms with Crippen molar-refractivity contribution in [3.8, 4) is 5.88 Å². The zero-order chi connectivity index (χ0) is 19.4. The third-order valence-corrected chi connectivity index (χ3v) is 4.00. The van der Waals surface area contributed by atoms with E-state index in [0.717, 1.165) is 17.6 Å². The van der Waals surface area contributed by atoms with Crippen molar-refractivity contribution in [3.05, 3.63) is 59.9 Å². The monoisotopic (exact) mass is 368 g/mol. The van der Waals surface area contributed by atoms with Gasteiger partial charge in [-0.1, -0.05) is 18.2 Å². The number of aryl methyl sites for hydroxylation is 1. The fraction of sp³-hybridized carbons (Fsp3) is 0.158. The molecule has 0 saturated heterocycles. The summed E-state index contributed by atoms with van der Waals surface area (Å²) in [5.41, 5.74) is 1.21. The Balaban J connectivity index is 1.70. The smallest absolute Gasteiger partial charge is 0.283 e. The second-order valence-corrected chi connectivity index (χ2v) is 5.72. The van der Waals surface area contributed by atoms with Crippen molar-refractivity contribution in [3.63, 3.8) is 0 Å². The predicted molar refractivity (Wildman–Crippen MR) is 97.5 cm³/mol. The molecule has 0 aliphatic carbocycles. The Hall–Kier alpha value is -3.55. The van der Waals surface area contributed by atoms with Crippen LogP contribution in [0.25, 0.3) is 10.9 Å². The van der Waals surface area contributed by atoms with E-state index in [4.69, 9.17) is 0 Å². The summed E-state index contributed by atoms with van der Waals surface area (Å²) in [5.74, 6) is -1.74. The molecule has 1 heterocycles. The lowest BCUT2D eigenvalue weighted by molar-refractivity contribution is -0.117. The van der Waals surface area contributed by atoms with Crippen LogP contribution >= 0.6 is 0 Å². The molecule has 0 spiro atoms. The number of azo groups is 1. The quantitative estimate of drug-likeness (QED) is 0.674. The zero-order valence-electron chi connectivity index (χ0n) is 14.5. The highest BCUT2D eigenvalue weighted by atomic mass is 19.1. The third-order valence-electron chi connectivity index (χ3n) is 4.00. The minimum absolute atomic E-state index is 0.0782. The summed E-state index contributed by atoms with van der Waals surface area (Å²) < 4.78 is 14.5. The molecule has 0 fully saturated rings. The summed E-state index contributed by atoms with van der Waals surface area (Å²) in [5, 5.41) is 20.8. The van der Waals surface area contributed by atoms with Gasteiger partial charge in [0, 0.05) is 17.5 Å². The Morgan fingerprint density at radius 2 is 1.85 bits per heavy atom. The number of aromatic nitrogens is 1. The fourth-order valence-corrected chi connectivity index (χ4v) is 2.69. The zero-order valence-corrected chi connectivity index (χ0v) is 14.5. The standard InChI is InChI=1S/C19H17FN4O3/c1-2-24-15-6-4-3-5-14(15)17(19(24)27)23-22-16(25)11-21-18(26)12-7-9-13(20)10-8-12/h3-10,27H,2,11H2,1H3,(H,21,26). The van der Waals surface area contributed by atoms with Crippen molar-refractivity contribution in [2.24, 2.45) is 10.2 Å². The minimum atomic E-state index is -0.682. The summed E-state index contributed by atoms with van der Waals surface area (Å²) >= 11 is 0. The molecule has 2 amide bonds. The Morgan fingerprint density at radius 1 is 1.15 bits per heavy atom. The Labute approximate surface area is 154 Å². The van der Waals surface area contributed by atoms with Crippen molar-refractivity contribution in [2.75, 3.05) is 6.54 Å². The fourth-order valence-electron chi connectivity index (χ4n) is 2.69. The van der Waals surface area contributed by atoms with E-state index in [1.54, 1.807) is 16.7 Å². The van der Waals surface area contributed by atoms with Gasteiger partial charge in [0.1, 0.15) is 12.4 Å². The number of amides is 2. The van der Waals surface area contributed by atoms with Crippen LogP contribution < -0.4 is 5.32 Å². The molecule has 3 aromatic rings. The Kier molecular flexibility index (Phi) is 5.25. The molecule has 138 valence electrons. The molecule has 3 rings (SSSR count). The van der Waals surface area contributed by atoms with Gasteiger partial charge in [-0.2, -0.15) is 0 Å². The van der Waals surface area contributed by atoms with Crippen molar-refractivity contribution >= 4 is 28.4 Å². The Bertz CT molecular complexity index is 1030. The van der Waals surface area contributed by atoms with Gasteiger partial charge in [0.05, 0.1) is 5.52 Å². The first-order valence-corrected chi connectivity index (χ1v) is 8.29. The number of benzene rings is 2. The molecule has 8 heteroatoms. The van der Waals surface area contributed by atoms with Crippen LogP contribution in [0.2, 0.25) is 0 Å². The van der Waals surface area contributed by atoms with Crippen LogP contribution in [0.1, 0.15) is 17.3 Å². The minimum Gasteiger partial charge on any atom is -0.493 e. The van der Waals surface area contributed by atoms with E-state index in [0.29, 0.717) is 11.9 Å². The molecule has 1 aromatic heterocycles. The van der Waals surface area contributed by atoms with Crippen LogP contribution in [0.5, 0.6) is 5.88 Å². The van der Waals surface area contributed by atoms with Gasteiger partial charge in [0.25, 0.3) is 11.8 Å². The second kappa shape index (κ2) is 7.77. The van der Waals surface area contributed by atoms with E-state index in [9.17, 15) is 19.1 Å². The SMILES string of the molecule is CCn1c(O)c(N=NC(=O)CNC(=O)c2ccc(F)cc2)c2ccccc21. The van der Waals surface area contributed by atoms with Gasteiger partial charge in [0.2, 0.25) is 5.88 Å². The molecule has 0 atom stereocenters. The van der Waals surface area contributed by atoms with E-state index in [1.165, 1.54) is 12.1 Å². The molecule has 0 unspecified atom stereocenters. The number of carbonyl (C=O) groups excluding carboxylic acids is 2. The Morgan fingerprint density at radius 3 is 2.56 bits per heavy atom. The number of rotatable bonds is 5. The van der Waals surface area contributed by atoms with Crippen LogP contribution in [0.15, 0.2) is 58.8 Å². The van der Waals surface area contributed by atoms with Crippen LogP contribution in [-0.4, -0.2) is 28.0 Å². The summed E-state index contributed by atoms with van der Waals surface area (Å²) in [6, 6.07) is 12.2. The molecule has 27 heavy (non-hydrogen) atoms. The van der Waals surface area contributed by atoms with E-state index in [1.807, 2.05) is 19.1 Å². The summed E-state index contributed by atoms with van der Waals surface area (Å²) in [6.45, 7) is 2.04. The van der Waals surface area contributed by atoms with Gasteiger partial charge in [-0.05, 0) is 37.3 Å². The first kappa shape index (κ1) is 18.2. The van der Waals surface area contributed by atoms with Crippen molar-refractivity contribution in [2.45, 2.75) is 13.5 Å². The molecule has 2 aromatic carbocycles. The molecule has 0 aliphatic rings. The number of nitrogens with zero attached hydrogens (tertiary/aromatic N) is 3. The molecule has 0 aliphatic heterocycles. The van der Waals surface area contributed by atoms with E-state index < -0.39 is 17.6 Å². The average Bonchev–Trinajstić information content (AvgIpc) is 2.95. The summed E-state index contributed by atoms with van der Waals surface area (Å²) in [4.78, 5) is 23.8. The van der Waals surface area contributed by atoms with Crippen LogP contribution in [0.3, 0.4) is 0 Å². The van der Waals surface area contributed by atoms with Crippen LogP contribution in [0, 0.1) is 5.82 Å². The number of carbonyl (C=O) groups is 2. The lowest BCUT2D eigenvalue weighted by Crippen LogP contribution is -2.28. The predicted octanol–water partition coefficient (Wildman–Crippen LogP) is 3.55. The van der Waals surface area contributed by atoms with Gasteiger partial charge in [-0.25, -0.2) is 4.39 Å². The van der Waals surface area contributed by atoms with Crippen molar-refractivity contribution < 1.29 is 19.1 Å². The highest BCUT2D eigenvalue weighted by Crippen LogP contribution is 2.38. The highest BCUT2D eigenvalue weighted by molar-refractivity contribution is 5.97. The largest absolute Gasteiger partial charge is 0.493 e. The molecule has 0 saturated carbocycles. The summed E-state index contributed by atoms with van der Waals surface area (Å²) in [7, 11) is 0. The van der Waals surface area contributed by atoms with Crippen molar-refractivity contribution in [1.29, 1.82) is 0 Å². The van der Waals surface area contributed by atoms with E-state index in [-0.39, 0.29) is 23.7 Å². The second-order valence-electron chi connectivity index (χ2n) is 5.72. The van der Waals surface area contributed by atoms with Gasteiger partial charge in [-0.15, -0.1) is 10.2 Å². The van der Waals surface area contributed by atoms with Gasteiger partial charge in [0.15, 0.2) is 5.69 Å².